The van der Waals surface area contributed by atoms with Gasteiger partial charge in [-0.25, -0.2) is 13.4 Å². The molecule has 7 nitrogen and oxygen atoms in total. The number of halogens is 1. The molecule has 0 saturated carbocycles. The summed E-state index contributed by atoms with van der Waals surface area (Å²) >= 11 is 5.82. The molecule has 0 aliphatic heterocycles. The van der Waals surface area contributed by atoms with Crippen molar-refractivity contribution in [2.24, 2.45) is 0 Å². The van der Waals surface area contributed by atoms with E-state index in [2.05, 4.69) is 9.71 Å². The first-order valence-corrected chi connectivity index (χ1v) is 7.75. The molecule has 0 aliphatic carbocycles. The average Bonchev–Trinajstić information content (AvgIpc) is 2.41. The molecule has 110 valence electrons. The lowest BCUT2D eigenvalue weighted by Gasteiger charge is -2.08. The summed E-state index contributed by atoms with van der Waals surface area (Å²) in [6.45, 7) is 0. The van der Waals surface area contributed by atoms with Crippen LogP contribution in [0.5, 0.6) is 0 Å². The van der Waals surface area contributed by atoms with Crippen LogP contribution in [0.4, 0.5) is 11.5 Å². The molecule has 0 fully saturated rings. The first-order valence-electron chi connectivity index (χ1n) is 5.72. The van der Waals surface area contributed by atoms with E-state index < -0.39 is 20.7 Å². The Labute approximate surface area is 125 Å². The summed E-state index contributed by atoms with van der Waals surface area (Å²) in [5, 5.41) is 10.8. The number of hydrogen-bond acceptors (Lipinski definition) is 5. The number of nitro groups is 1. The summed E-state index contributed by atoms with van der Waals surface area (Å²) in [4.78, 5) is 13.9. The van der Waals surface area contributed by atoms with Crippen molar-refractivity contribution >= 4 is 33.1 Å². The number of aromatic nitrogens is 1. The van der Waals surface area contributed by atoms with Gasteiger partial charge >= 0.3 is 0 Å². The number of hydrogen-bond donors (Lipinski definition) is 1. The Morgan fingerprint density at radius 2 is 2.05 bits per heavy atom. The van der Waals surface area contributed by atoms with E-state index in [9.17, 15) is 18.5 Å². The van der Waals surface area contributed by atoms with Gasteiger partial charge in [-0.15, -0.1) is 0 Å². The number of pyridine rings is 1. The first-order chi connectivity index (χ1) is 9.87. The molecule has 0 amide bonds. The van der Waals surface area contributed by atoms with Gasteiger partial charge in [0, 0.05) is 18.3 Å². The molecule has 1 N–H and O–H groups in total. The standard InChI is InChI=1S/C12H10ClN3O4S/c13-11-5-2-6-14-12(11)15-21(19,20)8-9-3-1-4-10(7-9)16(17)18/h1-7H,8H2,(H,14,15). The van der Waals surface area contributed by atoms with E-state index in [1.165, 1.54) is 36.5 Å². The van der Waals surface area contributed by atoms with Crippen molar-refractivity contribution < 1.29 is 13.3 Å². The zero-order chi connectivity index (χ0) is 15.5. The fourth-order valence-electron chi connectivity index (χ4n) is 1.62. The quantitative estimate of drug-likeness (QED) is 0.671. The van der Waals surface area contributed by atoms with Crippen molar-refractivity contribution in [3.05, 3.63) is 63.3 Å². The molecule has 0 unspecified atom stereocenters. The van der Waals surface area contributed by atoms with Gasteiger partial charge in [-0.05, 0) is 17.7 Å². The van der Waals surface area contributed by atoms with E-state index in [1.54, 1.807) is 6.07 Å². The van der Waals surface area contributed by atoms with E-state index >= 15 is 0 Å². The number of non-ortho nitro benzene ring substituents is 1. The molecule has 2 aromatic rings. The van der Waals surface area contributed by atoms with Crippen molar-refractivity contribution in [2.45, 2.75) is 5.75 Å². The molecule has 0 aliphatic rings. The van der Waals surface area contributed by atoms with Crippen LogP contribution in [0.1, 0.15) is 5.56 Å². The van der Waals surface area contributed by atoms with Gasteiger partial charge < -0.3 is 0 Å². The van der Waals surface area contributed by atoms with Crippen LogP contribution < -0.4 is 4.72 Å². The Hall–Kier alpha value is -2.19. The van der Waals surface area contributed by atoms with Gasteiger partial charge in [0.15, 0.2) is 5.82 Å². The highest BCUT2D eigenvalue weighted by Gasteiger charge is 2.16. The fourth-order valence-corrected chi connectivity index (χ4v) is 3.00. The highest BCUT2D eigenvalue weighted by molar-refractivity contribution is 7.91. The van der Waals surface area contributed by atoms with Crippen molar-refractivity contribution in [3.63, 3.8) is 0 Å². The topological polar surface area (TPSA) is 102 Å². The largest absolute Gasteiger partial charge is 0.269 e. The van der Waals surface area contributed by atoms with E-state index in [1.807, 2.05) is 0 Å². The normalized spacial score (nSPS) is 11.1. The summed E-state index contributed by atoms with van der Waals surface area (Å²) in [6.07, 6.45) is 1.40. The predicted molar refractivity (Wildman–Crippen MR) is 78.6 cm³/mol. The zero-order valence-electron chi connectivity index (χ0n) is 10.6. The molecule has 0 radical (unpaired) electrons. The van der Waals surface area contributed by atoms with Crippen molar-refractivity contribution in [1.82, 2.24) is 4.98 Å². The van der Waals surface area contributed by atoms with Gasteiger partial charge in [-0.1, -0.05) is 23.7 Å². The van der Waals surface area contributed by atoms with Crippen LogP contribution in [-0.2, 0) is 15.8 Å². The van der Waals surface area contributed by atoms with Gasteiger partial charge in [0.25, 0.3) is 5.69 Å². The Bertz CT molecular complexity index is 780. The van der Waals surface area contributed by atoms with Crippen molar-refractivity contribution in [3.8, 4) is 0 Å². The highest BCUT2D eigenvalue weighted by atomic mass is 35.5. The Kier molecular flexibility index (Phi) is 4.39. The lowest BCUT2D eigenvalue weighted by atomic mass is 10.2. The van der Waals surface area contributed by atoms with Crippen molar-refractivity contribution in [2.75, 3.05) is 4.72 Å². The van der Waals surface area contributed by atoms with Gasteiger partial charge in [-0.2, -0.15) is 0 Å². The maximum atomic E-state index is 12.0. The minimum atomic E-state index is -3.77. The second-order valence-corrected chi connectivity index (χ2v) is 6.25. The third-order valence-electron chi connectivity index (χ3n) is 2.49. The first kappa shape index (κ1) is 15.2. The van der Waals surface area contributed by atoms with Crippen LogP contribution in [0.2, 0.25) is 5.02 Å². The summed E-state index contributed by atoms with van der Waals surface area (Å²) in [6, 6.07) is 8.49. The molecule has 1 aromatic heterocycles. The molecule has 1 heterocycles. The van der Waals surface area contributed by atoms with Gasteiger partial charge in [0.2, 0.25) is 10.0 Å². The second kappa shape index (κ2) is 6.06. The molecule has 9 heteroatoms. The second-order valence-electron chi connectivity index (χ2n) is 4.12. The van der Waals surface area contributed by atoms with E-state index in [-0.39, 0.29) is 16.5 Å². The van der Waals surface area contributed by atoms with Gasteiger partial charge in [0.1, 0.15) is 0 Å². The monoisotopic (exact) mass is 327 g/mol. The van der Waals surface area contributed by atoms with Crippen LogP contribution in [-0.4, -0.2) is 18.3 Å². The Morgan fingerprint density at radius 3 is 2.71 bits per heavy atom. The lowest BCUT2D eigenvalue weighted by molar-refractivity contribution is -0.384. The molecular formula is C12H10ClN3O4S. The van der Waals surface area contributed by atoms with Crippen molar-refractivity contribution in [1.29, 1.82) is 0 Å². The van der Waals surface area contributed by atoms with Gasteiger partial charge in [-0.3, -0.25) is 14.8 Å². The maximum Gasteiger partial charge on any atom is 0.269 e. The molecular weight excluding hydrogens is 318 g/mol. The molecule has 0 bridgehead atoms. The minimum absolute atomic E-state index is 0.0181. The zero-order valence-corrected chi connectivity index (χ0v) is 12.1. The number of nitrogens with zero attached hydrogens (tertiary/aromatic N) is 2. The smallest absolute Gasteiger partial charge is 0.266 e. The molecule has 2 rings (SSSR count). The average molecular weight is 328 g/mol. The third kappa shape index (κ3) is 4.14. The SMILES string of the molecule is O=[N+]([O-])c1cccc(CS(=O)(=O)Nc2ncccc2Cl)c1. The van der Waals surface area contributed by atoms with Crippen LogP contribution >= 0.6 is 11.6 Å². The molecule has 1 aromatic carbocycles. The number of benzene rings is 1. The summed E-state index contributed by atoms with van der Waals surface area (Å²) < 4.78 is 26.3. The number of nitro benzene ring substituents is 1. The number of rotatable bonds is 5. The lowest BCUT2D eigenvalue weighted by Crippen LogP contribution is -2.16. The van der Waals surface area contributed by atoms with Crippen LogP contribution in [0.3, 0.4) is 0 Å². The number of sulfonamides is 1. The van der Waals surface area contributed by atoms with Crippen LogP contribution in [0.25, 0.3) is 0 Å². The maximum absolute atomic E-state index is 12.0. The number of anilines is 1. The van der Waals surface area contributed by atoms with Crippen LogP contribution in [0, 0.1) is 10.1 Å². The molecule has 21 heavy (non-hydrogen) atoms. The summed E-state index contributed by atoms with van der Waals surface area (Å²) in [5.41, 5.74) is 0.127. The van der Waals surface area contributed by atoms with Gasteiger partial charge in [0.05, 0.1) is 15.7 Å². The number of nitrogens with one attached hydrogen (secondary N) is 1. The Morgan fingerprint density at radius 1 is 1.29 bits per heavy atom. The van der Waals surface area contributed by atoms with E-state index in [0.717, 1.165) is 0 Å². The highest BCUT2D eigenvalue weighted by Crippen LogP contribution is 2.21. The molecule has 0 spiro atoms. The summed E-state index contributed by atoms with van der Waals surface area (Å²) in [7, 11) is -3.77. The third-order valence-corrected chi connectivity index (χ3v) is 4.01. The molecule has 0 saturated heterocycles. The summed E-state index contributed by atoms with van der Waals surface area (Å²) in [5.74, 6) is -0.397. The Balaban J connectivity index is 2.20. The molecule has 0 atom stereocenters. The van der Waals surface area contributed by atoms with E-state index in [4.69, 9.17) is 11.6 Å². The predicted octanol–water partition coefficient (Wildman–Crippen LogP) is 2.59. The minimum Gasteiger partial charge on any atom is -0.266 e. The van der Waals surface area contributed by atoms with E-state index in [0.29, 0.717) is 5.56 Å². The fraction of sp³-hybridized carbons (Fsp3) is 0.0833. The van der Waals surface area contributed by atoms with Crippen LogP contribution in [0.15, 0.2) is 42.6 Å².